The maximum atomic E-state index is 10.1. The summed E-state index contributed by atoms with van der Waals surface area (Å²) in [6.07, 6.45) is 8.53. The summed E-state index contributed by atoms with van der Waals surface area (Å²) in [5.41, 5.74) is 1.43. The second kappa shape index (κ2) is 8.03. The SMILES string of the molecule is C/C(=C/CCC=O)CCCC(C)C. The van der Waals surface area contributed by atoms with Gasteiger partial charge in [-0.2, -0.15) is 0 Å². The molecule has 0 atom stereocenters. The van der Waals surface area contributed by atoms with Crippen LogP contribution in [0.4, 0.5) is 0 Å². The Morgan fingerprint density at radius 1 is 1.31 bits per heavy atom. The molecule has 0 aromatic carbocycles. The molecule has 0 rings (SSSR count). The molecule has 0 spiro atoms. The third-order valence-electron chi connectivity index (χ3n) is 2.13. The first kappa shape index (κ1) is 12.4. The number of rotatable bonds is 7. The van der Waals surface area contributed by atoms with E-state index in [9.17, 15) is 4.79 Å². The second-order valence-corrected chi connectivity index (χ2v) is 4.08. The lowest BCUT2D eigenvalue weighted by Gasteiger charge is -2.04. The van der Waals surface area contributed by atoms with E-state index in [2.05, 4.69) is 26.8 Å². The summed E-state index contributed by atoms with van der Waals surface area (Å²) in [7, 11) is 0. The molecule has 0 aliphatic heterocycles. The van der Waals surface area contributed by atoms with Crippen LogP contribution in [-0.2, 0) is 4.79 Å². The third kappa shape index (κ3) is 9.32. The maximum Gasteiger partial charge on any atom is 0.120 e. The largest absolute Gasteiger partial charge is 0.303 e. The van der Waals surface area contributed by atoms with Gasteiger partial charge in [-0.05, 0) is 32.1 Å². The maximum absolute atomic E-state index is 10.1. The van der Waals surface area contributed by atoms with Gasteiger partial charge in [-0.3, -0.25) is 0 Å². The van der Waals surface area contributed by atoms with E-state index in [0.29, 0.717) is 6.42 Å². The Balaban J connectivity index is 3.43. The minimum Gasteiger partial charge on any atom is -0.303 e. The first-order chi connectivity index (χ1) is 6.16. The Morgan fingerprint density at radius 3 is 2.54 bits per heavy atom. The molecule has 0 aromatic rings. The molecular weight excluding hydrogens is 160 g/mol. The van der Waals surface area contributed by atoms with E-state index in [-0.39, 0.29) is 0 Å². The van der Waals surface area contributed by atoms with Crippen molar-refractivity contribution >= 4 is 6.29 Å². The first-order valence-electron chi connectivity index (χ1n) is 5.26. The average Bonchev–Trinajstić information content (AvgIpc) is 2.04. The summed E-state index contributed by atoms with van der Waals surface area (Å²) in [5, 5.41) is 0. The lowest BCUT2D eigenvalue weighted by atomic mass is 10.0. The van der Waals surface area contributed by atoms with E-state index in [4.69, 9.17) is 0 Å². The van der Waals surface area contributed by atoms with E-state index in [1.54, 1.807) is 0 Å². The van der Waals surface area contributed by atoms with Crippen molar-refractivity contribution in [3.8, 4) is 0 Å². The van der Waals surface area contributed by atoms with E-state index in [1.165, 1.54) is 24.8 Å². The van der Waals surface area contributed by atoms with Crippen molar-refractivity contribution in [2.24, 2.45) is 5.92 Å². The van der Waals surface area contributed by atoms with Crippen molar-refractivity contribution < 1.29 is 4.79 Å². The first-order valence-corrected chi connectivity index (χ1v) is 5.26. The third-order valence-corrected chi connectivity index (χ3v) is 2.13. The van der Waals surface area contributed by atoms with Crippen LogP contribution in [0.1, 0.15) is 52.9 Å². The molecule has 1 nitrogen and oxygen atoms in total. The van der Waals surface area contributed by atoms with Crippen LogP contribution in [0.2, 0.25) is 0 Å². The van der Waals surface area contributed by atoms with Crippen molar-refractivity contribution in [3.63, 3.8) is 0 Å². The van der Waals surface area contributed by atoms with Crippen LogP contribution in [0.25, 0.3) is 0 Å². The Morgan fingerprint density at radius 2 is 2.00 bits per heavy atom. The van der Waals surface area contributed by atoms with Crippen molar-refractivity contribution in [2.75, 3.05) is 0 Å². The molecule has 0 bridgehead atoms. The van der Waals surface area contributed by atoms with Crippen LogP contribution in [0, 0.1) is 5.92 Å². The lowest BCUT2D eigenvalue weighted by Crippen LogP contribution is -1.87. The average molecular weight is 182 g/mol. The van der Waals surface area contributed by atoms with Gasteiger partial charge < -0.3 is 4.79 Å². The Bertz CT molecular complexity index is 157. The topological polar surface area (TPSA) is 17.1 Å². The van der Waals surface area contributed by atoms with Gasteiger partial charge in [0, 0.05) is 6.42 Å². The van der Waals surface area contributed by atoms with Crippen molar-refractivity contribution in [3.05, 3.63) is 11.6 Å². The molecule has 0 unspecified atom stereocenters. The normalized spacial score (nSPS) is 12.2. The molecule has 0 fully saturated rings. The highest BCUT2D eigenvalue weighted by molar-refractivity contribution is 5.49. The summed E-state index contributed by atoms with van der Waals surface area (Å²) >= 11 is 0. The molecule has 0 amide bonds. The van der Waals surface area contributed by atoms with Crippen molar-refractivity contribution in [1.29, 1.82) is 0 Å². The summed E-state index contributed by atoms with van der Waals surface area (Å²) in [5.74, 6) is 0.808. The number of carbonyl (C=O) groups excluding carboxylic acids is 1. The number of hydrogen-bond donors (Lipinski definition) is 0. The lowest BCUT2D eigenvalue weighted by molar-refractivity contribution is -0.107. The number of carbonyl (C=O) groups is 1. The zero-order valence-electron chi connectivity index (χ0n) is 9.18. The molecular formula is C12H22O. The van der Waals surface area contributed by atoms with E-state index >= 15 is 0 Å². The summed E-state index contributed by atoms with van der Waals surface area (Å²) in [6, 6.07) is 0. The number of aldehydes is 1. The van der Waals surface area contributed by atoms with E-state index in [1.807, 2.05) is 0 Å². The van der Waals surface area contributed by atoms with Crippen LogP contribution in [-0.4, -0.2) is 6.29 Å². The predicted molar refractivity (Wildman–Crippen MR) is 57.7 cm³/mol. The van der Waals surface area contributed by atoms with Gasteiger partial charge in [0.25, 0.3) is 0 Å². The standard InChI is InChI=1S/C12H22O/c1-11(2)7-6-9-12(3)8-4-5-10-13/h8,10-11H,4-7,9H2,1-3H3/b12-8-. The fourth-order valence-electron chi connectivity index (χ4n) is 1.29. The van der Waals surface area contributed by atoms with Crippen LogP contribution in [0.3, 0.4) is 0 Å². The molecule has 0 aromatic heterocycles. The van der Waals surface area contributed by atoms with Crippen LogP contribution in [0.15, 0.2) is 11.6 Å². The number of hydrogen-bond acceptors (Lipinski definition) is 1. The predicted octanol–water partition coefficient (Wildman–Crippen LogP) is 3.74. The highest BCUT2D eigenvalue weighted by Gasteiger charge is 1.94. The molecule has 1 heteroatoms. The van der Waals surface area contributed by atoms with Crippen molar-refractivity contribution in [1.82, 2.24) is 0 Å². The fraction of sp³-hybridized carbons (Fsp3) is 0.750. The van der Waals surface area contributed by atoms with Gasteiger partial charge in [-0.1, -0.05) is 31.9 Å². The van der Waals surface area contributed by atoms with Crippen LogP contribution < -0.4 is 0 Å². The Hall–Kier alpha value is -0.590. The summed E-state index contributed by atoms with van der Waals surface area (Å²) < 4.78 is 0. The number of unbranched alkanes of at least 4 members (excludes halogenated alkanes) is 1. The minimum atomic E-state index is 0.668. The van der Waals surface area contributed by atoms with Gasteiger partial charge in [0.2, 0.25) is 0 Å². The Kier molecular flexibility index (Phi) is 7.66. The highest BCUT2D eigenvalue weighted by Crippen LogP contribution is 2.12. The zero-order valence-corrected chi connectivity index (χ0v) is 9.18. The molecule has 0 heterocycles. The van der Waals surface area contributed by atoms with Crippen LogP contribution >= 0.6 is 0 Å². The second-order valence-electron chi connectivity index (χ2n) is 4.08. The van der Waals surface area contributed by atoms with Gasteiger partial charge in [0.15, 0.2) is 0 Å². The van der Waals surface area contributed by atoms with E-state index in [0.717, 1.165) is 18.6 Å². The molecule has 0 radical (unpaired) electrons. The molecule has 0 saturated heterocycles. The quantitative estimate of drug-likeness (QED) is 0.333. The van der Waals surface area contributed by atoms with Gasteiger partial charge >= 0.3 is 0 Å². The van der Waals surface area contributed by atoms with Crippen LogP contribution in [0.5, 0.6) is 0 Å². The number of allylic oxidation sites excluding steroid dienone is 2. The Labute approximate surface area is 82.2 Å². The molecule has 0 aliphatic rings. The van der Waals surface area contributed by atoms with Gasteiger partial charge in [0.05, 0.1) is 0 Å². The highest BCUT2D eigenvalue weighted by atomic mass is 16.1. The molecule has 13 heavy (non-hydrogen) atoms. The van der Waals surface area contributed by atoms with Gasteiger partial charge in [0.1, 0.15) is 6.29 Å². The molecule has 76 valence electrons. The zero-order chi connectivity index (χ0) is 10.1. The monoisotopic (exact) mass is 182 g/mol. The van der Waals surface area contributed by atoms with Gasteiger partial charge in [-0.25, -0.2) is 0 Å². The van der Waals surface area contributed by atoms with Gasteiger partial charge in [-0.15, -0.1) is 0 Å². The molecule has 0 saturated carbocycles. The minimum absolute atomic E-state index is 0.668. The van der Waals surface area contributed by atoms with Crippen molar-refractivity contribution in [2.45, 2.75) is 52.9 Å². The fourth-order valence-corrected chi connectivity index (χ4v) is 1.29. The van der Waals surface area contributed by atoms with E-state index < -0.39 is 0 Å². The molecule has 0 aliphatic carbocycles. The summed E-state index contributed by atoms with van der Waals surface area (Å²) in [4.78, 5) is 10.1. The summed E-state index contributed by atoms with van der Waals surface area (Å²) in [6.45, 7) is 6.67. The smallest absolute Gasteiger partial charge is 0.120 e. The molecule has 0 N–H and O–H groups in total.